The van der Waals surface area contributed by atoms with E-state index in [9.17, 15) is 13.2 Å². The van der Waals surface area contributed by atoms with E-state index in [2.05, 4.69) is 21.2 Å². The van der Waals surface area contributed by atoms with Crippen LogP contribution in [0.5, 0.6) is 0 Å². The van der Waals surface area contributed by atoms with Gasteiger partial charge in [-0.1, -0.05) is 23.2 Å². The van der Waals surface area contributed by atoms with Crippen molar-refractivity contribution in [2.45, 2.75) is 4.90 Å². The van der Waals surface area contributed by atoms with Crippen LogP contribution in [0.3, 0.4) is 0 Å². The molecule has 3 rings (SSSR count). The number of benzene rings is 2. The Labute approximate surface area is 175 Å². The molecule has 0 unspecified atom stereocenters. The number of halogens is 3. The minimum atomic E-state index is -3.75. The second-order valence-corrected chi connectivity index (χ2v) is 9.41. The maximum absolute atomic E-state index is 12.9. The van der Waals surface area contributed by atoms with E-state index >= 15 is 0 Å². The Bertz CT molecular complexity index is 959. The molecule has 1 saturated heterocycles. The number of hydrogen-bond acceptors (Lipinski definition) is 4. The van der Waals surface area contributed by atoms with Crippen LogP contribution in [0.2, 0.25) is 10.0 Å². The summed E-state index contributed by atoms with van der Waals surface area (Å²) in [5.41, 5.74) is 0.610. The maximum atomic E-state index is 12.9. The van der Waals surface area contributed by atoms with E-state index in [1.54, 1.807) is 18.2 Å². The van der Waals surface area contributed by atoms with Crippen LogP contribution >= 0.6 is 39.1 Å². The van der Waals surface area contributed by atoms with Gasteiger partial charge in [-0.15, -0.1) is 0 Å². The SMILES string of the molecule is O=C(Nc1cc(Cl)cc(Cl)c1)c1ccc(Br)c(S(=O)(=O)N2CCOCC2)c1. The second kappa shape index (κ2) is 8.46. The normalized spacial score (nSPS) is 15.5. The molecule has 2 aromatic carbocycles. The van der Waals surface area contributed by atoms with E-state index in [1.165, 1.54) is 22.5 Å². The molecular weight excluding hydrogens is 479 g/mol. The Morgan fingerprint density at radius 2 is 1.70 bits per heavy atom. The van der Waals surface area contributed by atoms with Crippen molar-refractivity contribution in [1.82, 2.24) is 4.31 Å². The number of hydrogen-bond donors (Lipinski definition) is 1. The number of nitrogens with zero attached hydrogens (tertiary/aromatic N) is 1. The lowest BCUT2D eigenvalue weighted by Crippen LogP contribution is -2.40. The number of anilines is 1. The fraction of sp³-hybridized carbons (Fsp3) is 0.235. The van der Waals surface area contributed by atoms with Crippen molar-refractivity contribution in [2.75, 3.05) is 31.6 Å². The summed E-state index contributed by atoms with van der Waals surface area (Å²) in [5.74, 6) is -0.473. The van der Waals surface area contributed by atoms with Gasteiger partial charge in [-0.2, -0.15) is 4.31 Å². The largest absolute Gasteiger partial charge is 0.379 e. The lowest BCUT2D eigenvalue weighted by molar-refractivity contribution is 0.0730. The lowest BCUT2D eigenvalue weighted by Gasteiger charge is -2.26. The number of rotatable bonds is 4. The minimum absolute atomic E-state index is 0.0289. The molecule has 6 nitrogen and oxygen atoms in total. The van der Waals surface area contributed by atoms with Crippen molar-refractivity contribution in [2.24, 2.45) is 0 Å². The van der Waals surface area contributed by atoms with E-state index in [4.69, 9.17) is 27.9 Å². The van der Waals surface area contributed by atoms with Crippen LogP contribution in [0.15, 0.2) is 45.8 Å². The molecule has 2 aromatic rings. The fourth-order valence-corrected chi connectivity index (χ4v) is 5.48. The highest BCUT2D eigenvalue weighted by molar-refractivity contribution is 9.10. The molecule has 1 N–H and O–H groups in total. The van der Waals surface area contributed by atoms with Gasteiger partial charge in [0, 0.05) is 38.9 Å². The first-order valence-electron chi connectivity index (χ1n) is 7.92. The summed E-state index contributed by atoms with van der Waals surface area (Å²) in [6, 6.07) is 9.06. The number of morpholine rings is 1. The Morgan fingerprint density at radius 3 is 2.33 bits per heavy atom. The highest BCUT2D eigenvalue weighted by Crippen LogP contribution is 2.28. The summed E-state index contributed by atoms with van der Waals surface area (Å²) in [4.78, 5) is 12.6. The molecule has 0 bridgehead atoms. The Kier molecular flexibility index (Phi) is 6.45. The molecule has 1 amide bonds. The molecule has 0 spiro atoms. The molecule has 27 heavy (non-hydrogen) atoms. The molecule has 1 aliphatic heterocycles. The van der Waals surface area contributed by atoms with Gasteiger partial charge in [-0.3, -0.25) is 4.79 Å². The van der Waals surface area contributed by atoms with Gasteiger partial charge in [0.2, 0.25) is 10.0 Å². The van der Waals surface area contributed by atoms with E-state index in [-0.39, 0.29) is 23.5 Å². The fourth-order valence-electron chi connectivity index (χ4n) is 2.60. The van der Waals surface area contributed by atoms with E-state index in [0.29, 0.717) is 33.4 Å². The van der Waals surface area contributed by atoms with E-state index < -0.39 is 15.9 Å². The number of amides is 1. The molecule has 0 radical (unpaired) electrons. The summed E-state index contributed by atoms with van der Waals surface area (Å²) >= 11 is 15.1. The van der Waals surface area contributed by atoms with Gasteiger partial charge in [-0.25, -0.2) is 8.42 Å². The van der Waals surface area contributed by atoms with Crippen LogP contribution in [0, 0.1) is 0 Å². The average molecular weight is 494 g/mol. The van der Waals surface area contributed by atoms with Crippen LogP contribution in [-0.2, 0) is 14.8 Å². The zero-order chi connectivity index (χ0) is 19.6. The van der Waals surface area contributed by atoms with Crippen LogP contribution in [-0.4, -0.2) is 44.9 Å². The van der Waals surface area contributed by atoms with Crippen molar-refractivity contribution in [3.63, 3.8) is 0 Å². The topological polar surface area (TPSA) is 75.7 Å². The van der Waals surface area contributed by atoms with Crippen molar-refractivity contribution in [3.05, 3.63) is 56.5 Å². The summed E-state index contributed by atoms with van der Waals surface area (Å²) in [7, 11) is -3.75. The Balaban J connectivity index is 1.89. The number of carbonyl (C=O) groups excluding carboxylic acids is 1. The van der Waals surface area contributed by atoms with Gasteiger partial charge >= 0.3 is 0 Å². The lowest BCUT2D eigenvalue weighted by atomic mass is 10.2. The number of sulfonamides is 1. The first kappa shape index (κ1) is 20.6. The molecule has 0 aliphatic carbocycles. The molecule has 1 aliphatic rings. The van der Waals surface area contributed by atoms with Crippen molar-refractivity contribution >= 4 is 60.7 Å². The average Bonchev–Trinajstić information content (AvgIpc) is 2.61. The molecule has 0 aromatic heterocycles. The number of ether oxygens (including phenoxy) is 1. The van der Waals surface area contributed by atoms with Gasteiger partial charge in [0.1, 0.15) is 0 Å². The van der Waals surface area contributed by atoms with Gasteiger partial charge in [0.15, 0.2) is 0 Å². The van der Waals surface area contributed by atoms with Crippen LogP contribution < -0.4 is 5.32 Å². The van der Waals surface area contributed by atoms with Crippen LogP contribution in [0.1, 0.15) is 10.4 Å². The van der Waals surface area contributed by atoms with Gasteiger partial charge < -0.3 is 10.1 Å². The predicted octanol–water partition coefficient (Wildman–Crippen LogP) is 4.03. The Hall–Kier alpha value is -1.16. The van der Waals surface area contributed by atoms with Crippen LogP contribution in [0.25, 0.3) is 0 Å². The van der Waals surface area contributed by atoms with Crippen molar-refractivity contribution in [1.29, 1.82) is 0 Å². The number of carbonyl (C=O) groups is 1. The monoisotopic (exact) mass is 492 g/mol. The summed E-state index contributed by atoms with van der Waals surface area (Å²) < 4.78 is 32.7. The molecule has 1 heterocycles. The minimum Gasteiger partial charge on any atom is -0.379 e. The van der Waals surface area contributed by atoms with Gasteiger partial charge in [0.25, 0.3) is 5.91 Å². The van der Waals surface area contributed by atoms with E-state index in [0.717, 1.165) is 0 Å². The van der Waals surface area contributed by atoms with E-state index in [1.807, 2.05) is 0 Å². The smallest absolute Gasteiger partial charge is 0.255 e. The summed E-state index contributed by atoms with van der Waals surface area (Å²) in [6.07, 6.45) is 0. The second-order valence-electron chi connectivity index (χ2n) is 5.77. The van der Waals surface area contributed by atoms with Crippen molar-refractivity contribution in [3.8, 4) is 0 Å². The zero-order valence-electron chi connectivity index (χ0n) is 13.9. The number of nitrogens with one attached hydrogen (secondary N) is 1. The third-order valence-corrected chi connectivity index (χ3v) is 7.23. The standard InChI is InChI=1S/C17H15BrCl2N2O4S/c18-15-2-1-11(17(23)21-14-9-12(19)8-13(20)10-14)7-16(15)27(24,25)22-3-5-26-6-4-22/h1-2,7-10H,3-6H2,(H,21,23). The highest BCUT2D eigenvalue weighted by atomic mass is 79.9. The molecule has 1 fully saturated rings. The first-order chi connectivity index (χ1) is 12.8. The highest BCUT2D eigenvalue weighted by Gasteiger charge is 2.29. The quantitative estimate of drug-likeness (QED) is 0.697. The summed E-state index contributed by atoms with van der Waals surface area (Å²) in [5, 5.41) is 3.42. The van der Waals surface area contributed by atoms with Gasteiger partial charge in [0.05, 0.1) is 18.1 Å². The van der Waals surface area contributed by atoms with Crippen LogP contribution in [0.4, 0.5) is 5.69 Å². The molecule has 10 heteroatoms. The third-order valence-electron chi connectivity index (χ3n) is 3.90. The van der Waals surface area contributed by atoms with Crippen molar-refractivity contribution < 1.29 is 17.9 Å². The zero-order valence-corrected chi connectivity index (χ0v) is 17.8. The van der Waals surface area contributed by atoms with Gasteiger partial charge in [-0.05, 0) is 52.3 Å². The summed E-state index contributed by atoms with van der Waals surface area (Å²) in [6.45, 7) is 1.22. The first-order valence-corrected chi connectivity index (χ1v) is 10.9. The predicted molar refractivity (Wildman–Crippen MR) is 108 cm³/mol. The molecule has 144 valence electrons. The molecular formula is C17H15BrCl2N2O4S. The molecule has 0 atom stereocenters. The Morgan fingerprint density at radius 1 is 1.07 bits per heavy atom. The molecule has 0 saturated carbocycles. The third kappa shape index (κ3) is 4.82. The maximum Gasteiger partial charge on any atom is 0.255 e.